The quantitative estimate of drug-likeness (QED) is 0.778. The lowest BCUT2D eigenvalue weighted by molar-refractivity contribution is 0.476. The molecule has 0 saturated heterocycles. The van der Waals surface area contributed by atoms with Crippen LogP contribution < -0.4 is 5.73 Å². The Kier molecular flexibility index (Phi) is 1.57. The molecule has 2 aliphatic rings. The Morgan fingerprint density at radius 1 is 1.53 bits per heavy atom. The second-order valence-electron chi connectivity index (χ2n) is 5.31. The van der Waals surface area contributed by atoms with Gasteiger partial charge in [0.05, 0.1) is 11.9 Å². The molecule has 0 bridgehead atoms. The van der Waals surface area contributed by atoms with E-state index in [-0.39, 0.29) is 0 Å². The van der Waals surface area contributed by atoms with Crippen LogP contribution in [0.25, 0.3) is 5.65 Å². The number of halogens is 1. The van der Waals surface area contributed by atoms with Gasteiger partial charge in [-0.1, -0.05) is 18.5 Å². The molecule has 0 aromatic carbocycles. The van der Waals surface area contributed by atoms with Crippen LogP contribution in [0.15, 0.2) is 6.20 Å². The molecule has 1 spiro atoms. The minimum absolute atomic E-state index is 0.290. The number of nitrogens with two attached hydrogens (primary N) is 1. The van der Waals surface area contributed by atoms with Crippen molar-refractivity contribution in [3.05, 3.63) is 22.5 Å². The van der Waals surface area contributed by atoms with Gasteiger partial charge in [0.25, 0.3) is 0 Å². The summed E-state index contributed by atoms with van der Waals surface area (Å²) in [6.45, 7) is 2.29. The Hall–Kier alpha value is -1.29. The van der Waals surface area contributed by atoms with Gasteiger partial charge in [-0.15, -0.1) is 0 Å². The van der Waals surface area contributed by atoms with Crippen molar-refractivity contribution < 1.29 is 0 Å². The molecule has 2 aromatic rings. The molecule has 1 atom stereocenters. The third-order valence-corrected chi connectivity index (χ3v) is 4.72. The third kappa shape index (κ3) is 1.00. The van der Waals surface area contributed by atoms with Crippen LogP contribution in [0, 0.1) is 5.92 Å². The normalized spacial score (nSPS) is 24.5. The average molecular weight is 249 g/mol. The molecule has 1 unspecified atom stereocenters. The summed E-state index contributed by atoms with van der Waals surface area (Å²) in [7, 11) is 0. The molecule has 0 amide bonds. The summed E-state index contributed by atoms with van der Waals surface area (Å²) in [4.78, 5) is 4.73. The van der Waals surface area contributed by atoms with Crippen LogP contribution in [-0.2, 0) is 11.8 Å². The summed E-state index contributed by atoms with van der Waals surface area (Å²) in [6.07, 6.45) is 5.09. The van der Waals surface area contributed by atoms with E-state index < -0.39 is 0 Å². The molecule has 0 radical (unpaired) electrons. The van der Waals surface area contributed by atoms with Crippen LogP contribution in [0.1, 0.15) is 31.0 Å². The molecule has 2 aliphatic carbocycles. The van der Waals surface area contributed by atoms with E-state index in [2.05, 4.69) is 12.0 Å². The molecular formula is C12H13ClN4. The summed E-state index contributed by atoms with van der Waals surface area (Å²) in [5, 5.41) is 4.76. The van der Waals surface area contributed by atoms with Gasteiger partial charge in [0.2, 0.25) is 0 Å². The lowest BCUT2D eigenvalue weighted by Crippen LogP contribution is -2.13. The van der Waals surface area contributed by atoms with Gasteiger partial charge in [0.1, 0.15) is 10.8 Å². The Morgan fingerprint density at radius 2 is 2.29 bits per heavy atom. The molecular weight excluding hydrogens is 236 g/mol. The maximum absolute atomic E-state index is 6.20. The summed E-state index contributed by atoms with van der Waals surface area (Å²) in [5.74, 6) is 1.35. The molecule has 2 aromatic heterocycles. The first-order chi connectivity index (χ1) is 8.13. The number of hydrogen-bond donors (Lipinski definition) is 1. The van der Waals surface area contributed by atoms with Crippen LogP contribution in [0.4, 0.5) is 5.82 Å². The lowest BCUT2D eigenvalue weighted by atomic mass is 9.94. The zero-order valence-corrected chi connectivity index (χ0v) is 10.3. The second-order valence-corrected chi connectivity index (χ2v) is 5.72. The van der Waals surface area contributed by atoms with Gasteiger partial charge in [-0.3, -0.25) is 0 Å². The highest BCUT2D eigenvalue weighted by Crippen LogP contribution is 2.59. The van der Waals surface area contributed by atoms with Crippen molar-refractivity contribution in [1.29, 1.82) is 0 Å². The van der Waals surface area contributed by atoms with E-state index in [1.54, 1.807) is 10.7 Å². The largest absolute Gasteiger partial charge is 0.383 e. The molecule has 88 valence electrons. The van der Waals surface area contributed by atoms with Crippen molar-refractivity contribution in [2.75, 3.05) is 5.73 Å². The fourth-order valence-corrected chi connectivity index (χ4v) is 3.40. The molecule has 5 heteroatoms. The minimum atomic E-state index is 0.290. The number of aromatic nitrogens is 3. The van der Waals surface area contributed by atoms with Gasteiger partial charge in [-0.25, -0.2) is 4.98 Å². The fourth-order valence-electron chi connectivity index (χ4n) is 3.23. The summed E-state index contributed by atoms with van der Waals surface area (Å²) in [6, 6.07) is 0. The summed E-state index contributed by atoms with van der Waals surface area (Å²) >= 11 is 6.09. The maximum Gasteiger partial charge on any atom is 0.176 e. The van der Waals surface area contributed by atoms with E-state index in [0.717, 1.165) is 6.42 Å². The highest BCUT2D eigenvalue weighted by Gasteiger charge is 2.55. The summed E-state index contributed by atoms with van der Waals surface area (Å²) in [5.41, 5.74) is 9.55. The predicted molar refractivity (Wildman–Crippen MR) is 66.2 cm³/mol. The Balaban J connectivity index is 2.10. The molecule has 4 rings (SSSR count). The second kappa shape index (κ2) is 2.75. The first-order valence-corrected chi connectivity index (χ1v) is 6.33. The van der Waals surface area contributed by atoms with Crippen LogP contribution in [0.2, 0.25) is 5.02 Å². The van der Waals surface area contributed by atoms with E-state index in [1.165, 1.54) is 24.1 Å². The average Bonchev–Trinajstić information content (AvgIpc) is 2.96. The van der Waals surface area contributed by atoms with E-state index in [1.807, 2.05) is 0 Å². The van der Waals surface area contributed by atoms with Crippen molar-refractivity contribution in [2.24, 2.45) is 5.92 Å². The van der Waals surface area contributed by atoms with Crippen molar-refractivity contribution >= 4 is 23.1 Å². The fraction of sp³-hybridized carbons (Fsp3) is 0.500. The Labute approximate surface area is 104 Å². The third-order valence-electron chi connectivity index (χ3n) is 4.46. The van der Waals surface area contributed by atoms with Crippen molar-refractivity contribution in [1.82, 2.24) is 14.6 Å². The maximum atomic E-state index is 6.20. The number of hydrogen-bond acceptors (Lipinski definition) is 3. The number of nitrogen functional groups attached to an aromatic ring is 1. The predicted octanol–water partition coefficient (Wildman–Crippen LogP) is 2.19. The standard InChI is InChI=1S/C12H13ClN4/c1-6-4-7-9(12(6)2-3-12)16-11-8(13)5-15-17(11)10(7)14/h5-6H,2-4,14H2,1H3. The molecule has 17 heavy (non-hydrogen) atoms. The van der Waals surface area contributed by atoms with Crippen molar-refractivity contribution in [3.8, 4) is 0 Å². The number of rotatable bonds is 0. The van der Waals surface area contributed by atoms with Gasteiger partial charge in [0.15, 0.2) is 5.65 Å². The highest BCUT2D eigenvalue weighted by molar-refractivity contribution is 6.33. The van der Waals surface area contributed by atoms with Gasteiger partial charge in [-0.2, -0.15) is 9.61 Å². The highest BCUT2D eigenvalue weighted by atomic mass is 35.5. The van der Waals surface area contributed by atoms with Gasteiger partial charge in [-0.05, 0) is 25.2 Å². The monoisotopic (exact) mass is 248 g/mol. The van der Waals surface area contributed by atoms with Crippen LogP contribution in [0.3, 0.4) is 0 Å². The number of fused-ring (bicyclic) bond motifs is 3. The zero-order chi connectivity index (χ0) is 11.8. The van der Waals surface area contributed by atoms with Crippen LogP contribution in [-0.4, -0.2) is 14.6 Å². The smallest absolute Gasteiger partial charge is 0.176 e. The zero-order valence-electron chi connectivity index (χ0n) is 9.57. The first-order valence-electron chi connectivity index (χ1n) is 5.95. The molecule has 0 aliphatic heterocycles. The van der Waals surface area contributed by atoms with E-state index in [9.17, 15) is 0 Å². The van der Waals surface area contributed by atoms with E-state index in [4.69, 9.17) is 22.3 Å². The SMILES string of the molecule is CC1Cc2c(nc3c(Cl)cnn3c2N)C12CC2. The van der Waals surface area contributed by atoms with Gasteiger partial charge in [0, 0.05) is 11.0 Å². The van der Waals surface area contributed by atoms with Gasteiger partial charge >= 0.3 is 0 Å². The molecule has 1 saturated carbocycles. The first kappa shape index (κ1) is 9.71. The number of nitrogens with zero attached hydrogens (tertiary/aromatic N) is 3. The summed E-state index contributed by atoms with van der Waals surface area (Å²) < 4.78 is 1.66. The minimum Gasteiger partial charge on any atom is -0.383 e. The molecule has 1 fully saturated rings. The van der Waals surface area contributed by atoms with E-state index in [0.29, 0.717) is 27.8 Å². The molecule has 2 heterocycles. The molecule has 2 N–H and O–H groups in total. The Bertz CT molecular complexity index is 641. The number of anilines is 1. The Morgan fingerprint density at radius 3 is 3.00 bits per heavy atom. The van der Waals surface area contributed by atoms with Crippen LogP contribution in [0.5, 0.6) is 0 Å². The van der Waals surface area contributed by atoms with Crippen molar-refractivity contribution in [2.45, 2.75) is 31.6 Å². The van der Waals surface area contributed by atoms with Gasteiger partial charge < -0.3 is 5.73 Å². The topological polar surface area (TPSA) is 56.2 Å². The molecule has 4 nitrogen and oxygen atoms in total. The lowest BCUT2D eigenvalue weighted by Gasteiger charge is -2.13. The van der Waals surface area contributed by atoms with Crippen LogP contribution >= 0.6 is 11.6 Å². The van der Waals surface area contributed by atoms with E-state index >= 15 is 0 Å². The van der Waals surface area contributed by atoms with Crippen molar-refractivity contribution in [3.63, 3.8) is 0 Å².